The van der Waals surface area contributed by atoms with E-state index in [1.54, 1.807) is 7.11 Å². The minimum absolute atomic E-state index is 0.219. The number of nitrogens with zero attached hydrogens (tertiary/aromatic N) is 1. The molecule has 118 valence electrons. The van der Waals surface area contributed by atoms with E-state index in [0.717, 1.165) is 32.2 Å². The molecule has 0 aromatic rings. The number of carbonyl (C=O) groups is 1. The first-order valence-electron chi connectivity index (χ1n) is 7.88. The molecule has 1 amide bonds. The van der Waals surface area contributed by atoms with Gasteiger partial charge in [-0.15, -0.1) is 0 Å². The highest BCUT2D eigenvalue weighted by molar-refractivity contribution is 5.76. The molecular formula is C16H32N2O2. The lowest BCUT2D eigenvalue weighted by atomic mass is 9.76. The molecule has 4 heteroatoms. The maximum atomic E-state index is 12.4. The predicted molar refractivity (Wildman–Crippen MR) is 82.5 cm³/mol. The number of amides is 1. The molecule has 0 radical (unpaired) electrons. The first-order valence-corrected chi connectivity index (χ1v) is 7.88. The lowest BCUT2D eigenvalue weighted by Crippen LogP contribution is -2.36. The molecule has 0 spiro atoms. The predicted octanol–water partition coefficient (Wildman–Crippen LogP) is 2.42. The molecule has 1 aliphatic carbocycles. The van der Waals surface area contributed by atoms with Gasteiger partial charge in [-0.2, -0.15) is 0 Å². The minimum Gasteiger partial charge on any atom is -0.383 e. The van der Waals surface area contributed by atoms with E-state index in [4.69, 9.17) is 10.5 Å². The van der Waals surface area contributed by atoms with Crippen molar-refractivity contribution in [3.8, 4) is 0 Å². The number of ether oxygens (including phenoxy) is 1. The molecule has 0 aromatic heterocycles. The lowest BCUT2D eigenvalue weighted by molar-refractivity contribution is -0.132. The van der Waals surface area contributed by atoms with Crippen LogP contribution in [-0.4, -0.2) is 43.7 Å². The molecule has 1 fully saturated rings. The fourth-order valence-corrected chi connectivity index (χ4v) is 2.74. The standard InChI is InChI=1S/C16H32N2O2/c1-16(2,3)13(9-10-17)5-8-15(19)18(11-12-20-4)14-6-7-14/h13-14H,5-12,17H2,1-4H3. The van der Waals surface area contributed by atoms with Crippen LogP contribution in [0.1, 0.15) is 52.9 Å². The third-order valence-electron chi connectivity index (χ3n) is 4.29. The molecule has 4 nitrogen and oxygen atoms in total. The Kier molecular flexibility index (Phi) is 6.96. The van der Waals surface area contributed by atoms with E-state index in [9.17, 15) is 4.79 Å². The van der Waals surface area contributed by atoms with E-state index in [1.165, 1.54) is 0 Å². The maximum absolute atomic E-state index is 12.4. The van der Waals surface area contributed by atoms with Crippen molar-refractivity contribution in [3.63, 3.8) is 0 Å². The molecule has 1 aliphatic rings. The van der Waals surface area contributed by atoms with Gasteiger partial charge in [-0.3, -0.25) is 4.79 Å². The maximum Gasteiger partial charge on any atom is 0.222 e. The average molecular weight is 284 g/mol. The zero-order valence-electron chi connectivity index (χ0n) is 13.7. The monoisotopic (exact) mass is 284 g/mol. The summed E-state index contributed by atoms with van der Waals surface area (Å²) in [5.74, 6) is 0.802. The van der Waals surface area contributed by atoms with Gasteiger partial charge in [0.15, 0.2) is 0 Å². The molecule has 0 aliphatic heterocycles. The van der Waals surface area contributed by atoms with Gasteiger partial charge in [0, 0.05) is 26.1 Å². The summed E-state index contributed by atoms with van der Waals surface area (Å²) >= 11 is 0. The summed E-state index contributed by atoms with van der Waals surface area (Å²) in [6.07, 6.45) is 4.89. The van der Waals surface area contributed by atoms with Gasteiger partial charge in [0.05, 0.1) is 6.61 Å². The number of methoxy groups -OCH3 is 1. The highest BCUT2D eigenvalue weighted by atomic mass is 16.5. The molecule has 1 atom stereocenters. The third-order valence-corrected chi connectivity index (χ3v) is 4.29. The topological polar surface area (TPSA) is 55.6 Å². The van der Waals surface area contributed by atoms with Crippen molar-refractivity contribution in [1.82, 2.24) is 4.90 Å². The molecule has 0 bridgehead atoms. The van der Waals surface area contributed by atoms with Crippen molar-refractivity contribution in [3.05, 3.63) is 0 Å². The van der Waals surface area contributed by atoms with Gasteiger partial charge in [0.1, 0.15) is 0 Å². The van der Waals surface area contributed by atoms with Crippen LogP contribution >= 0.6 is 0 Å². The molecule has 0 saturated heterocycles. The first-order chi connectivity index (χ1) is 9.40. The van der Waals surface area contributed by atoms with E-state index in [-0.39, 0.29) is 11.3 Å². The molecular weight excluding hydrogens is 252 g/mol. The Morgan fingerprint density at radius 1 is 1.35 bits per heavy atom. The Balaban J connectivity index is 2.46. The van der Waals surface area contributed by atoms with Gasteiger partial charge in [0.2, 0.25) is 5.91 Å². The van der Waals surface area contributed by atoms with Crippen molar-refractivity contribution >= 4 is 5.91 Å². The summed E-state index contributed by atoms with van der Waals surface area (Å²) in [6.45, 7) is 8.78. The third kappa shape index (κ3) is 5.80. The van der Waals surface area contributed by atoms with Crippen LogP contribution in [0, 0.1) is 11.3 Å². The molecule has 1 rings (SSSR count). The van der Waals surface area contributed by atoms with Gasteiger partial charge in [0.25, 0.3) is 0 Å². The van der Waals surface area contributed by atoms with Gasteiger partial charge in [-0.1, -0.05) is 20.8 Å². The van der Waals surface area contributed by atoms with Gasteiger partial charge in [-0.05, 0) is 43.6 Å². The molecule has 0 aromatic carbocycles. The summed E-state index contributed by atoms with van der Waals surface area (Å²) in [4.78, 5) is 14.4. The smallest absolute Gasteiger partial charge is 0.222 e. The van der Waals surface area contributed by atoms with E-state index < -0.39 is 0 Å². The van der Waals surface area contributed by atoms with Crippen molar-refractivity contribution in [2.24, 2.45) is 17.1 Å². The van der Waals surface area contributed by atoms with Crippen LogP contribution in [0.2, 0.25) is 0 Å². The molecule has 20 heavy (non-hydrogen) atoms. The molecule has 1 saturated carbocycles. The zero-order valence-corrected chi connectivity index (χ0v) is 13.7. The lowest BCUT2D eigenvalue weighted by Gasteiger charge is -2.31. The summed E-state index contributed by atoms with van der Waals surface area (Å²) < 4.78 is 5.11. The second kappa shape index (κ2) is 7.99. The van der Waals surface area contributed by atoms with Crippen LogP contribution in [0.5, 0.6) is 0 Å². The van der Waals surface area contributed by atoms with E-state index in [0.29, 0.717) is 31.5 Å². The zero-order chi connectivity index (χ0) is 15.2. The van der Waals surface area contributed by atoms with Crippen LogP contribution in [0.15, 0.2) is 0 Å². The van der Waals surface area contributed by atoms with Gasteiger partial charge < -0.3 is 15.4 Å². The van der Waals surface area contributed by atoms with Gasteiger partial charge in [-0.25, -0.2) is 0 Å². The second-order valence-corrected chi connectivity index (χ2v) is 6.99. The number of rotatable bonds is 9. The molecule has 2 N–H and O–H groups in total. The highest BCUT2D eigenvalue weighted by Crippen LogP contribution is 2.33. The highest BCUT2D eigenvalue weighted by Gasteiger charge is 2.33. The number of carbonyl (C=O) groups excluding carboxylic acids is 1. The quantitative estimate of drug-likeness (QED) is 0.707. The number of nitrogens with two attached hydrogens (primary N) is 1. The SMILES string of the molecule is COCCN(C(=O)CCC(CCN)C(C)(C)C)C1CC1. The van der Waals surface area contributed by atoms with Crippen LogP contribution < -0.4 is 5.73 Å². The number of hydrogen-bond acceptors (Lipinski definition) is 3. The Bertz CT molecular complexity index is 295. The Hall–Kier alpha value is -0.610. The Labute approximate surface area is 124 Å². The normalized spacial score (nSPS) is 17.1. The second-order valence-electron chi connectivity index (χ2n) is 6.99. The van der Waals surface area contributed by atoms with E-state index in [2.05, 4.69) is 20.8 Å². The van der Waals surface area contributed by atoms with E-state index in [1.807, 2.05) is 4.90 Å². The summed E-state index contributed by atoms with van der Waals surface area (Å²) in [6, 6.07) is 0.472. The van der Waals surface area contributed by atoms with Crippen LogP contribution in [0.4, 0.5) is 0 Å². The van der Waals surface area contributed by atoms with Gasteiger partial charge >= 0.3 is 0 Å². The summed E-state index contributed by atoms with van der Waals surface area (Å²) in [5, 5.41) is 0. The van der Waals surface area contributed by atoms with Crippen molar-refractivity contribution in [1.29, 1.82) is 0 Å². The first kappa shape index (κ1) is 17.4. The van der Waals surface area contributed by atoms with Crippen LogP contribution in [0.25, 0.3) is 0 Å². The largest absolute Gasteiger partial charge is 0.383 e. The number of hydrogen-bond donors (Lipinski definition) is 1. The minimum atomic E-state index is 0.219. The summed E-state index contributed by atoms with van der Waals surface area (Å²) in [7, 11) is 1.69. The van der Waals surface area contributed by atoms with Crippen molar-refractivity contribution < 1.29 is 9.53 Å². The average Bonchev–Trinajstić information content (AvgIpc) is 3.18. The van der Waals surface area contributed by atoms with Crippen LogP contribution in [0.3, 0.4) is 0 Å². The Morgan fingerprint density at radius 3 is 2.45 bits per heavy atom. The molecule has 1 unspecified atom stereocenters. The fraction of sp³-hybridized carbons (Fsp3) is 0.938. The fourth-order valence-electron chi connectivity index (χ4n) is 2.74. The van der Waals surface area contributed by atoms with Crippen molar-refractivity contribution in [2.45, 2.75) is 58.9 Å². The van der Waals surface area contributed by atoms with Crippen molar-refractivity contribution in [2.75, 3.05) is 26.8 Å². The summed E-state index contributed by atoms with van der Waals surface area (Å²) in [5.41, 5.74) is 5.92. The van der Waals surface area contributed by atoms with E-state index >= 15 is 0 Å². The van der Waals surface area contributed by atoms with Crippen LogP contribution in [-0.2, 0) is 9.53 Å². The Morgan fingerprint density at radius 2 is 2.00 bits per heavy atom. The molecule has 0 heterocycles.